The van der Waals surface area contributed by atoms with Gasteiger partial charge in [0.1, 0.15) is 6.54 Å². The smallest absolute Gasteiger partial charge is 0.416 e. The van der Waals surface area contributed by atoms with Crippen LogP contribution in [0.3, 0.4) is 0 Å². The fourth-order valence-corrected chi connectivity index (χ4v) is 2.58. The Labute approximate surface area is 136 Å². The summed E-state index contributed by atoms with van der Waals surface area (Å²) >= 11 is 0. The zero-order chi connectivity index (χ0) is 18.6. The number of aromatic nitrogens is 2. The average Bonchev–Trinajstić information content (AvgIpc) is 2.46. The van der Waals surface area contributed by atoms with Gasteiger partial charge in [0.05, 0.1) is 24.0 Å². The summed E-state index contributed by atoms with van der Waals surface area (Å²) < 4.78 is 65.5. The van der Waals surface area contributed by atoms with Gasteiger partial charge in [0.2, 0.25) is 0 Å². The van der Waals surface area contributed by atoms with Crippen molar-refractivity contribution in [2.75, 3.05) is 18.0 Å². The Kier molecular flexibility index (Phi) is 3.69. The molecule has 1 aliphatic rings. The SMILES string of the molecule is O=C(O)Cn1nc(N2CC(F)(F)C2)c2cc(C(F)(F)F)ccc2c1=O. The summed E-state index contributed by atoms with van der Waals surface area (Å²) in [5, 5.41) is 12.0. The number of carboxylic acid groups (broad SMARTS) is 1. The topological polar surface area (TPSA) is 75.4 Å². The maximum atomic E-state index is 13.1. The summed E-state index contributed by atoms with van der Waals surface area (Å²) in [5.74, 6) is -4.71. The number of nitrogens with zero attached hydrogens (tertiary/aromatic N) is 3. The van der Waals surface area contributed by atoms with Gasteiger partial charge >= 0.3 is 12.1 Å². The number of rotatable bonds is 3. The molecule has 0 atom stereocenters. The molecule has 0 radical (unpaired) electrons. The fraction of sp³-hybridized carbons (Fsp3) is 0.357. The lowest BCUT2D eigenvalue weighted by Gasteiger charge is -2.40. The van der Waals surface area contributed by atoms with Crippen LogP contribution in [-0.2, 0) is 17.5 Å². The summed E-state index contributed by atoms with van der Waals surface area (Å²) in [7, 11) is 0. The molecule has 0 bridgehead atoms. The predicted octanol–water partition coefficient (Wildman–Crippen LogP) is 1.96. The molecule has 0 saturated carbocycles. The van der Waals surface area contributed by atoms with Gasteiger partial charge in [-0.1, -0.05) is 0 Å². The molecule has 6 nitrogen and oxygen atoms in total. The minimum absolute atomic E-state index is 0.227. The third-order valence-electron chi connectivity index (χ3n) is 3.70. The standard InChI is InChI=1S/C14H10F5N3O3/c15-13(16)5-21(6-13)11-9-3-7(14(17,18)19)1-2-8(9)12(25)22(20-11)4-10(23)24/h1-3H,4-6H2,(H,23,24). The zero-order valence-corrected chi connectivity index (χ0v) is 12.3. The molecule has 1 saturated heterocycles. The van der Waals surface area contributed by atoms with Gasteiger partial charge in [-0.05, 0) is 18.2 Å². The van der Waals surface area contributed by atoms with Crippen LogP contribution in [-0.4, -0.2) is 39.9 Å². The first-order chi connectivity index (χ1) is 11.5. The minimum Gasteiger partial charge on any atom is -0.480 e. The third kappa shape index (κ3) is 3.13. The lowest BCUT2D eigenvalue weighted by atomic mass is 10.1. The molecule has 3 rings (SSSR count). The molecule has 1 aliphatic heterocycles. The number of anilines is 1. The normalized spacial score (nSPS) is 16.8. The van der Waals surface area contributed by atoms with Crippen molar-refractivity contribution in [1.29, 1.82) is 0 Å². The second-order valence-corrected chi connectivity index (χ2v) is 5.65. The van der Waals surface area contributed by atoms with Crippen LogP contribution in [0.5, 0.6) is 0 Å². The van der Waals surface area contributed by atoms with E-state index in [0.717, 1.165) is 11.0 Å². The predicted molar refractivity (Wildman–Crippen MR) is 75.8 cm³/mol. The second kappa shape index (κ2) is 5.39. The molecule has 1 N–H and O–H groups in total. The van der Waals surface area contributed by atoms with E-state index < -0.39 is 48.8 Å². The quantitative estimate of drug-likeness (QED) is 0.844. The van der Waals surface area contributed by atoms with Crippen LogP contribution in [0, 0.1) is 0 Å². The van der Waals surface area contributed by atoms with E-state index in [4.69, 9.17) is 5.11 Å². The Balaban J connectivity index is 2.23. The van der Waals surface area contributed by atoms with Crippen molar-refractivity contribution in [3.05, 3.63) is 34.1 Å². The number of hydrogen-bond donors (Lipinski definition) is 1. The Morgan fingerprint density at radius 1 is 1.24 bits per heavy atom. The lowest BCUT2D eigenvalue weighted by molar-refractivity contribution is -0.138. The number of benzene rings is 1. The van der Waals surface area contributed by atoms with Crippen molar-refractivity contribution in [3.63, 3.8) is 0 Å². The van der Waals surface area contributed by atoms with E-state index in [2.05, 4.69) is 5.10 Å². The fourth-order valence-electron chi connectivity index (χ4n) is 2.58. The molecule has 1 fully saturated rings. The van der Waals surface area contributed by atoms with Crippen molar-refractivity contribution in [3.8, 4) is 0 Å². The van der Waals surface area contributed by atoms with Gasteiger partial charge in [0, 0.05) is 5.39 Å². The first kappa shape index (κ1) is 17.1. The van der Waals surface area contributed by atoms with Crippen LogP contribution in [0.4, 0.5) is 27.8 Å². The molecule has 1 aromatic heterocycles. The molecule has 25 heavy (non-hydrogen) atoms. The largest absolute Gasteiger partial charge is 0.480 e. The number of alkyl halides is 5. The Morgan fingerprint density at radius 2 is 1.88 bits per heavy atom. The number of carbonyl (C=O) groups is 1. The number of fused-ring (bicyclic) bond motifs is 1. The van der Waals surface area contributed by atoms with Gasteiger partial charge in [0.25, 0.3) is 11.5 Å². The molecule has 0 unspecified atom stereocenters. The van der Waals surface area contributed by atoms with Crippen LogP contribution in [0.2, 0.25) is 0 Å². The first-order valence-electron chi connectivity index (χ1n) is 6.94. The molecule has 2 aromatic rings. The van der Waals surface area contributed by atoms with E-state index in [0.29, 0.717) is 16.8 Å². The van der Waals surface area contributed by atoms with Crippen LogP contribution >= 0.6 is 0 Å². The third-order valence-corrected chi connectivity index (χ3v) is 3.70. The Morgan fingerprint density at radius 3 is 2.40 bits per heavy atom. The van der Waals surface area contributed by atoms with Crippen LogP contribution in [0.15, 0.2) is 23.0 Å². The van der Waals surface area contributed by atoms with Crippen molar-refractivity contribution >= 4 is 22.6 Å². The molecule has 11 heteroatoms. The van der Waals surface area contributed by atoms with Gasteiger partial charge < -0.3 is 10.0 Å². The van der Waals surface area contributed by atoms with Gasteiger partial charge in [-0.3, -0.25) is 9.59 Å². The molecule has 0 aliphatic carbocycles. The maximum Gasteiger partial charge on any atom is 0.416 e. The van der Waals surface area contributed by atoms with Crippen LogP contribution in [0.25, 0.3) is 10.8 Å². The van der Waals surface area contributed by atoms with Crippen LogP contribution < -0.4 is 10.5 Å². The summed E-state index contributed by atoms with van der Waals surface area (Å²) in [6.07, 6.45) is -4.69. The number of aliphatic carboxylic acids is 1. The number of halogens is 5. The van der Waals surface area contributed by atoms with E-state index >= 15 is 0 Å². The highest BCUT2D eigenvalue weighted by atomic mass is 19.4. The van der Waals surface area contributed by atoms with Crippen molar-refractivity contribution in [2.45, 2.75) is 18.6 Å². The molecule has 1 aromatic carbocycles. The second-order valence-electron chi connectivity index (χ2n) is 5.65. The zero-order valence-electron chi connectivity index (χ0n) is 12.3. The van der Waals surface area contributed by atoms with Gasteiger partial charge in [0.15, 0.2) is 5.82 Å². The summed E-state index contributed by atoms with van der Waals surface area (Å²) in [5.41, 5.74) is -1.98. The van der Waals surface area contributed by atoms with Crippen LogP contribution in [0.1, 0.15) is 5.56 Å². The van der Waals surface area contributed by atoms with Gasteiger partial charge in [-0.2, -0.15) is 18.3 Å². The lowest BCUT2D eigenvalue weighted by Crippen LogP contribution is -2.57. The number of hydrogen-bond acceptors (Lipinski definition) is 4. The summed E-state index contributed by atoms with van der Waals surface area (Å²) in [4.78, 5) is 24.1. The van der Waals surface area contributed by atoms with E-state index in [1.165, 1.54) is 0 Å². The Hall–Kier alpha value is -2.72. The van der Waals surface area contributed by atoms with E-state index in [-0.39, 0.29) is 16.6 Å². The average molecular weight is 363 g/mol. The maximum absolute atomic E-state index is 13.1. The van der Waals surface area contributed by atoms with E-state index in [9.17, 15) is 31.5 Å². The van der Waals surface area contributed by atoms with E-state index in [1.807, 2.05) is 0 Å². The molecule has 0 amide bonds. The van der Waals surface area contributed by atoms with Crippen molar-refractivity contribution in [1.82, 2.24) is 9.78 Å². The highest BCUT2D eigenvalue weighted by Crippen LogP contribution is 2.36. The van der Waals surface area contributed by atoms with E-state index in [1.54, 1.807) is 0 Å². The first-order valence-corrected chi connectivity index (χ1v) is 6.94. The highest BCUT2D eigenvalue weighted by Gasteiger charge is 2.45. The summed E-state index contributed by atoms with van der Waals surface area (Å²) in [6, 6.07) is 2.21. The highest BCUT2D eigenvalue weighted by molar-refractivity contribution is 5.92. The van der Waals surface area contributed by atoms with Gasteiger partial charge in [-0.25, -0.2) is 13.5 Å². The molecule has 134 valence electrons. The molecular formula is C14H10F5N3O3. The van der Waals surface area contributed by atoms with Crippen molar-refractivity contribution < 1.29 is 31.9 Å². The molecule has 0 spiro atoms. The Bertz CT molecular complexity index is 914. The van der Waals surface area contributed by atoms with Gasteiger partial charge in [-0.15, -0.1) is 0 Å². The van der Waals surface area contributed by atoms with Crippen molar-refractivity contribution in [2.24, 2.45) is 0 Å². The minimum atomic E-state index is -4.69. The molecular weight excluding hydrogens is 353 g/mol. The number of carboxylic acids is 1. The monoisotopic (exact) mass is 363 g/mol. The summed E-state index contributed by atoms with van der Waals surface area (Å²) in [6.45, 7) is -2.40. The molecule has 2 heterocycles.